The minimum atomic E-state index is -4.67. The number of hydrogen-bond donors (Lipinski definition) is 1. The zero-order valence-corrected chi connectivity index (χ0v) is 20.6. The number of carbonyl (C=O) groups excluding carboxylic acids is 1. The van der Waals surface area contributed by atoms with Gasteiger partial charge in [-0.25, -0.2) is 13.8 Å². The van der Waals surface area contributed by atoms with Crippen LogP contribution in [0.25, 0.3) is 0 Å². The van der Waals surface area contributed by atoms with Crippen molar-refractivity contribution in [2.45, 2.75) is 5.09 Å². The van der Waals surface area contributed by atoms with Crippen molar-refractivity contribution in [3.05, 3.63) is 43.4 Å². The molecule has 8 nitrogen and oxygen atoms in total. The van der Waals surface area contributed by atoms with Crippen LogP contribution in [-0.2, 0) is 14.9 Å². The molecule has 0 unspecified atom stereocenters. The summed E-state index contributed by atoms with van der Waals surface area (Å²) in [5.74, 6) is -0.117. The first kappa shape index (κ1) is 23.8. The van der Waals surface area contributed by atoms with Crippen molar-refractivity contribution in [3.8, 4) is 5.75 Å². The molecule has 0 aliphatic heterocycles. The first-order chi connectivity index (χ1) is 11.7. The molecule has 2 aromatic rings. The smallest absolute Gasteiger partial charge is 0.742 e. The number of carbonyl (C=O) groups is 1. The first-order valence-electron chi connectivity index (χ1n) is 6.32. The first-order valence-corrected chi connectivity index (χ1v) is 10.1. The van der Waals surface area contributed by atoms with Gasteiger partial charge in [-0.2, -0.15) is 5.10 Å². The number of rotatable bonds is 6. The standard InChI is InChI=1S/C13H9Br3N2O6S.Na/c14-7-3-9(15)13(10(16)4-7)23-6-11(19)18-17-5-8-1-2-12(24-8)25(20,21)22;/h1-5H,6H2,(H,18,19)(H,20,21,22);/q;+1/p-1. The molecule has 1 heterocycles. The van der Waals surface area contributed by atoms with Gasteiger partial charge in [0.1, 0.15) is 11.5 Å². The molecule has 0 fully saturated rings. The van der Waals surface area contributed by atoms with Crippen LogP contribution in [-0.4, -0.2) is 31.7 Å². The third kappa shape index (κ3) is 7.08. The monoisotopic (exact) mass is 580 g/mol. The zero-order chi connectivity index (χ0) is 18.6. The Balaban J connectivity index is 0.00000338. The Hall–Kier alpha value is -0.210. The van der Waals surface area contributed by atoms with Gasteiger partial charge < -0.3 is 13.7 Å². The Bertz CT molecular complexity index is 909. The molecule has 1 N–H and O–H groups in total. The summed E-state index contributed by atoms with van der Waals surface area (Å²) < 4.78 is 44.5. The molecule has 1 amide bonds. The number of amides is 1. The third-order valence-electron chi connectivity index (χ3n) is 2.54. The van der Waals surface area contributed by atoms with Gasteiger partial charge >= 0.3 is 29.6 Å². The minimum Gasteiger partial charge on any atom is -0.742 e. The van der Waals surface area contributed by atoms with E-state index in [0.29, 0.717) is 14.7 Å². The van der Waals surface area contributed by atoms with Crippen molar-refractivity contribution in [1.29, 1.82) is 0 Å². The minimum absolute atomic E-state index is 0. The average Bonchev–Trinajstić information content (AvgIpc) is 2.95. The number of halogens is 3. The average molecular weight is 583 g/mol. The molecule has 2 rings (SSSR count). The van der Waals surface area contributed by atoms with Crippen molar-refractivity contribution in [1.82, 2.24) is 5.43 Å². The molecule has 1 aromatic heterocycles. The summed E-state index contributed by atoms with van der Waals surface area (Å²) in [5.41, 5.74) is 2.18. The predicted octanol–water partition coefficient (Wildman–Crippen LogP) is 0.00430. The molecule has 0 radical (unpaired) electrons. The van der Waals surface area contributed by atoms with E-state index in [4.69, 9.17) is 9.15 Å². The van der Waals surface area contributed by atoms with Crippen LogP contribution in [0.4, 0.5) is 0 Å². The molecular weight excluding hydrogens is 575 g/mol. The maximum absolute atomic E-state index is 11.7. The fourth-order valence-corrected chi connectivity index (χ4v) is 4.46. The van der Waals surface area contributed by atoms with Crippen molar-refractivity contribution < 1.29 is 56.5 Å². The Kier molecular flexibility index (Phi) is 9.50. The van der Waals surface area contributed by atoms with Gasteiger partial charge in [0.25, 0.3) is 5.91 Å². The van der Waals surface area contributed by atoms with E-state index in [9.17, 15) is 17.8 Å². The third-order valence-corrected chi connectivity index (χ3v) is 4.89. The number of hydrogen-bond acceptors (Lipinski definition) is 7. The molecule has 0 spiro atoms. The molecule has 1 aromatic carbocycles. The van der Waals surface area contributed by atoms with Crippen molar-refractivity contribution in [3.63, 3.8) is 0 Å². The topological polar surface area (TPSA) is 121 Å². The van der Waals surface area contributed by atoms with Crippen LogP contribution in [0.3, 0.4) is 0 Å². The summed E-state index contributed by atoms with van der Waals surface area (Å²) in [6.07, 6.45) is 1.05. The molecule has 0 aliphatic carbocycles. The molecule has 0 atom stereocenters. The fraction of sp³-hybridized carbons (Fsp3) is 0.0769. The van der Waals surface area contributed by atoms with Gasteiger partial charge in [-0.3, -0.25) is 4.79 Å². The van der Waals surface area contributed by atoms with E-state index in [0.717, 1.165) is 16.8 Å². The maximum Gasteiger partial charge on any atom is 1.00 e. The molecule has 0 aliphatic rings. The number of ether oxygens (including phenoxy) is 1. The Morgan fingerprint density at radius 1 is 1.27 bits per heavy atom. The summed E-state index contributed by atoms with van der Waals surface area (Å²) in [6, 6.07) is 5.74. The van der Waals surface area contributed by atoms with Crippen LogP contribution >= 0.6 is 47.8 Å². The van der Waals surface area contributed by atoms with Gasteiger partial charge in [0.05, 0.1) is 15.2 Å². The molecule has 0 saturated heterocycles. The normalized spacial score (nSPS) is 11.2. The Morgan fingerprint density at radius 3 is 2.42 bits per heavy atom. The van der Waals surface area contributed by atoms with Crippen molar-refractivity contribution in [2.24, 2.45) is 5.10 Å². The van der Waals surface area contributed by atoms with Gasteiger partial charge in [0, 0.05) is 4.47 Å². The summed E-state index contributed by atoms with van der Waals surface area (Å²) >= 11 is 9.95. The number of hydrazone groups is 1. The molecular formula is C13H8Br3N2NaO6S. The number of benzene rings is 1. The van der Waals surface area contributed by atoms with E-state index in [1.54, 1.807) is 12.1 Å². The number of nitrogens with one attached hydrogen (secondary N) is 1. The Morgan fingerprint density at radius 2 is 1.88 bits per heavy atom. The summed E-state index contributed by atoms with van der Waals surface area (Å²) in [4.78, 5) is 11.7. The van der Waals surface area contributed by atoms with Gasteiger partial charge in [0.2, 0.25) is 5.09 Å². The second kappa shape index (κ2) is 10.4. The summed E-state index contributed by atoms with van der Waals surface area (Å²) in [5, 5.41) is 2.85. The van der Waals surface area contributed by atoms with Crippen LogP contribution in [0.2, 0.25) is 0 Å². The van der Waals surface area contributed by atoms with Crippen molar-refractivity contribution in [2.75, 3.05) is 6.61 Å². The van der Waals surface area contributed by atoms with E-state index in [-0.39, 0.29) is 41.9 Å². The molecule has 13 heteroatoms. The van der Waals surface area contributed by atoms with Gasteiger partial charge in [-0.15, -0.1) is 0 Å². The molecule has 0 bridgehead atoms. The zero-order valence-electron chi connectivity index (χ0n) is 13.0. The van der Waals surface area contributed by atoms with E-state index in [2.05, 4.69) is 58.3 Å². The van der Waals surface area contributed by atoms with E-state index in [1.165, 1.54) is 6.07 Å². The van der Waals surface area contributed by atoms with E-state index in [1.807, 2.05) is 0 Å². The maximum atomic E-state index is 11.7. The van der Waals surface area contributed by atoms with Gasteiger partial charge in [0.15, 0.2) is 16.7 Å². The van der Waals surface area contributed by atoms with Crippen LogP contribution in [0.1, 0.15) is 5.76 Å². The summed E-state index contributed by atoms with van der Waals surface area (Å²) in [6.45, 7) is -0.311. The quantitative estimate of drug-likeness (QED) is 0.222. The molecule has 0 saturated carbocycles. The van der Waals surface area contributed by atoms with Crippen LogP contribution in [0.5, 0.6) is 5.75 Å². The van der Waals surface area contributed by atoms with Crippen LogP contribution < -0.4 is 39.7 Å². The van der Waals surface area contributed by atoms with Gasteiger partial charge in [-0.05, 0) is 56.1 Å². The van der Waals surface area contributed by atoms with Crippen molar-refractivity contribution >= 4 is 70.0 Å². The van der Waals surface area contributed by atoms with E-state index >= 15 is 0 Å². The molecule has 134 valence electrons. The SMILES string of the molecule is O=C(COc1c(Br)cc(Br)cc1Br)NN=Cc1ccc(S(=O)(=O)[O-])o1.[Na+]. The number of nitrogens with zero attached hydrogens (tertiary/aromatic N) is 1. The van der Waals surface area contributed by atoms with Crippen LogP contribution in [0, 0.1) is 0 Å². The Labute approximate surface area is 196 Å². The van der Waals surface area contributed by atoms with E-state index < -0.39 is 21.1 Å². The van der Waals surface area contributed by atoms with Gasteiger partial charge in [-0.1, -0.05) is 15.9 Å². The van der Waals surface area contributed by atoms with Crippen LogP contribution in [0.15, 0.2) is 52.3 Å². The molecule has 26 heavy (non-hydrogen) atoms. The second-order valence-electron chi connectivity index (χ2n) is 4.39. The number of furan rings is 1. The summed E-state index contributed by atoms with van der Waals surface area (Å²) in [7, 11) is -4.67. The fourth-order valence-electron chi connectivity index (χ4n) is 1.54. The second-order valence-corrected chi connectivity index (χ2v) is 8.33. The largest absolute Gasteiger partial charge is 1.00 e. The predicted molar refractivity (Wildman–Crippen MR) is 97.4 cm³/mol.